The van der Waals surface area contributed by atoms with Crippen LogP contribution >= 0.6 is 23.5 Å². The number of benzene rings is 2. The van der Waals surface area contributed by atoms with Gasteiger partial charge in [0.05, 0.1) is 11.5 Å². The number of carboxylic acids is 1. The van der Waals surface area contributed by atoms with E-state index in [0.29, 0.717) is 23.2 Å². The first-order valence-electron chi connectivity index (χ1n) is 9.17. The molecule has 2 aromatic carbocycles. The second-order valence-corrected chi connectivity index (χ2v) is 8.36. The monoisotopic (exact) mass is 476 g/mol. The van der Waals surface area contributed by atoms with E-state index in [-0.39, 0.29) is 12.7 Å². The van der Waals surface area contributed by atoms with Crippen LogP contribution in [0.5, 0.6) is 11.5 Å². The third-order valence-electron chi connectivity index (χ3n) is 3.97. The Labute approximate surface area is 187 Å². The molecule has 0 aliphatic carbocycles. The highest BCUT2D eigenvalue weighted by Gasteiger charge is 2.30. The molecular formula is C21H23F3O5S2. The van der Waals surface area contributed by atoms with E-state index in [4.69, 9.17) is 19.3 Å². The molecule has 2 rings (SSSR count). The van der Waals surface area contributed by atoms with Crippen LogP contribution in [-0.4, -0.2) is 48.3 Å². The molecule has 0 saturated heterocycles. The van der Waals surface area contributed by atoms with Gasteiger partial charge in [-0.1, -0.05) is 0 Å². The maximum atomic E-state index is 12.7. The van der Waals surface area contributed by atoms with Crippen LogP contribution in [0.3, 0.4) is 0 Å². The van der Waals surface area contributed by atoms with E-state index in [0.717, 1.165) is 22.6 Å². The summed E-state index contributed by atoms with van der Waals surface area (Å²) >= 11 is 3.05. The van der Waals surface area contributed by atoms with Crippen LogP contribution in [0.2, 0.25) is 0 Å². The van der Waals surface area contributed by atoms with Crippen LogP contribution in [0.4, 0.5) is 13.2 Å². The van der Waals surface area contributed by atoms with E-state index < -0.39 is 24.3 Å². The van der Waals surface area contributed by atoms with Crippen LogP contribution in [0.1, 0.15) is 11.1 Å². The standard InChI is InChI=1S/C21H23F3O5S2/c1-14-9-18(7-8-19(14)28-11-20(25)26)31-12-17(29-13-30-2)10-27-16-5-3-15(4-6-16)21(22,23)24/h3-9,17H,10-13H2,1-2H3,(H,25,26). The average Bonchev–Trinajstić information content (AvgIpc) is 2.72. The SMILES string of the molecule is CSCOC(COc1ccc(C(F)(F)F)cc1)CSc1ccc(OCC(=O)O)c(C)c1. The number of aliphatic carboxylic acids is 1. The number of alkyl halides is 3. The molecule has 10 heteroatoms. The van der Waals surface area contributed by atoms with Gasteiger partial charge in [0.2, 0.25) is 0 Å². The Kier molecular flexibility index (Phi) is 9.86. The van der Waals surface area contributed by atoms with Crippen molar-refractivity contribution in [2.24, 2.45) is 0 Å². The zero-order valence-electron chi connectivity index (χ0n) is 17.0. The minimum absolute atomic E-state index is 0.192. The van der Waals surface area contributed by atoms with Gasteiger partial charge in [-0.2, -0.15) is 13.2 Å². The van der Waals surface area contributed by atoms with Gasteiger partial charge in [-0.15, -0.1) is 23.5 Å². The molecule has 1 atom stereocenters. The molecule has 31 heavy (non-hydrogen) atoms. The number of thioether (sulfide) groups is 2. The van der Waals surface area contributed by atoms with E-state index in [1.54, 1.807) is 6.07 Å². The number of ether oxygens (including phenoxy) is 3. The Morgan fingerprint density at radius 1 is 1.13 bits per heavy atom. The lowest BCUT2D eigenvalue weighted by molar-refractivity contribution is -0.139. The Morgan fingerprint density at radius 3 is 2.42 bits per heavy atom. The summed E-state index contributed by atoms with van der Waals surface area (Å²) in [5, 5.41) is 8.71. The lowest BCUT2D eigenvalue weighted by Crippen LogP contribution is -2.24. The summed E-state index contributed by atoms with van der Waals surface area (Å²) < 4.78 is 54.6. The second kappa shape index (κ2) is 12.1. The topological polar surface area (TPSA) is 65.0 Å². The Balaban J connectivity index is 1.92. The van der Waals surface area contributed by atoms with Crippen molar-refractivity contribution in [2.75, 3.05) is 31.2 Å². The molecule has 0 heterocycles. The molecule has 0 amide bonds. The van der Waals surface area contributed by atoms with Gasteiger partial charge >= 0.3 is 12.1 Å². The molecule has 0 aliphatic rings. The highest BCUT2D eigenvalue weighted by atomic mass is 32.2. The third-order valence-corrected chi connectivity index (χ3v) is 5.47. The normalized spacial score (nSPS) is 12.4. The summed E-state index contributed by atoms with van der Waals surface area (Å²) in [6.07, 6.45) is -2.76. The minimum atomic E-state index is -4.38. The lowest BCUT2D eigenvalue weighted by Gasteiger charge is -2.18. The van der Waals surface area contributed by atoms with Crippen molar-refractivity contribution >= 4 is 29.5 Å². The van der Waals surface area contributed by atoms with E-state index in [9.17, 15) is 18.0 Å². The predicted molar refractivity (Wildman–Crippen MR) is 115 cm³/mol. The van der Waals surface area contributed by atoms with Gasteiger partial charge in [0, 0.05) is 10.6 Å². The van der Waals surface area contributed by atoms with E-state index in [1.807, 2.05) is 25.3 Å². The van der Waals surface area contributed by atoms with Gasteiger partial charge in [0.1, 0.15) is 24.2 Å². The summed E-state index contributed by atoms with van der Waals surface area (Å²) in [7, 11) is 0. The van der Waals surface area contributed by atoms with Gasteiger partial charge < -0.3 is 19.3 Å². The summed E-state index contributed by atoms with van der Waals surface area (Å²) in [4.78, 5) is 11.6. The van der Waals surface area contributed by atoms with Crippen molar-refractivity contribution in [1.29, 1.82) is 0 Å². The fourth-order valence-corrected chi connectivity index (χ4v) is 3.76. The Hall–Kier alpha value is -2.04. The Morgan fingerprint density at radius 2 is 1.84 bits per heavy atom. The largest absolute Gasteiger partial charge is 0.491 e. The number of carboxylic acid groups (broad SMARTS) is 1. The van der Waals surface area contributed by atoms with Gasteiger partial charge in [-0.3, -0.25) is 0 Å². The zero-order chi connectivity index (χ0) is 22.9. The van der Waals surface area contributed by atoms with Crippen molar-refractivity contribution in [1.82, 2.24) is 0 Å². The molecule has 0 spiro atoms. The van der Waals surface area contributed by atoms with Crippen LogP contribution in [0, 0.1) is 6.92 Å². The highest BCUT2D eigenvalue weighted by molar-refractivity contribution is 7.99. The molecule has 1 unspecified atom stereocenters. The molecule has 0 aliphatic heterocycles. The molecule has 0 radical (unpaired) electrons. The predicted octanol–water partition coefficient (Wildman–Crippen LogP) is 5.35. The minimum Gasteiger partial charge on any atom is -0.491 e. The van der Waals surface area contributed by atoms with Crippen molar-refractivity contribution < 1.29 is 37.3 Å². The lowest BCUT2D eigenvalue weighted by atomic mass is 10.2. The smallest absolute Gasteiger partial charge is 0.416 e. The van der Waals surface area contributed by atoms with Crippen LogP contribution in [0.25, 0.3) is 0 Å². The number of hydrogen-bond donors (Lipinski definition) is 1. The summed E-state index contributed by atoms with van der Waals surface area (Å²) in [6, 6.07) is 10.00. The van der Waals surface area contributed by atoms with E-state index in [1.165, 1.54) is 35.7 Å². The van der Waals surface area contributed by atoms with Crippen LogP contribution < -0.4 is 9.47 Å². The number of rotatable bonds is 12. The fourth-order valence-electron chi connectivity index (χ4n) is 2.44. The van der Waals surface area contributed by atoms with E-state index >= 15 is 0 Å². The third kappa shape index (κ3) is 8.92. The molecule has 0 saturated carbocycles. The maximum absolute atomic E-state index is 12.7. The van der Waals surface area contributed by atoms with Crippen LogP contribution in [0.15, 0.2) is 47.4 Å². The number of halogens is 3. The molecule has 5 nitrogen and oxygen atoms in total. The molecule has 0 aromatic heterocycles. The number of aryl methyl sites for hydroxylation is 1. The van der Waals surface area contributed by atoms with Crippen molar-refractivity contribution in [3.63, 3.8) is 0 Å². The Bertz CT molecular complexity index is 844. The first kappa shape index (κ1) is 25.2. The molecule has 2 aromatic rings. The van der Waals surface area contributed by atoms with Crippen molar-refractivity contribution in [3.05, 3.63) is 53.6 Å². The van der Waals surface area contributed by atoms with Gasteiger partial charge in [-0.05, 0) is 61.2 Å². The van der Waals surface area contributed by atoms with Gasteiger partial charge in [0.15, 0.2) is 6.61 Å². The van der Waals surface area contributed by atoms with Gasteiger partial charge in [-0.25, -0.2) is 4.79 Å². The number of hydrogen-bond acceptors (Lipinski definition) is 6. The summed E-state index contributed by atoms with van der Waals surface area (Å²) in [5.74, 6) is 0.831. The average molecular weight is 477 g/mol. The van der Waals surface area contributed by atoms with Crippen LogP contribution in [-0.2, 0) is 15.7 Å². The fraction of sp³-hybridized carbons (Fsp3) is 0.381. The molecule has 0 bridgehead atoms. The van der Waals surface area contributed by atoms with Crippen molar-refractivity contribution in [2.45, 2.75) is 24.1 Å². The molecule has 170 valence electrons. The second-order valence-electron chi connectivity index (χ2n) is 6.45. The molecular weight excluding hydrogens is 453 g/mol. The molecule has 0 fully saturated rings. The quantitative estimate of drug-likeness (QED) is 0.327. The number of carbonyl (C=O) groups is 1. The van der Waals surface area contributed by atoms with E-state index in [2.05, 4.69) is 0 Å². The first-order chi connectivity index (χ1) is 14.7. The van der Waals surface area contributed by atoms with Crippen molar-refractivity contribution in [3.8, 4) is 11.5 Å². The summed E-state index contributed by atoms with van der Waals surface area (Å²) in [5.41, 5.74) is 0.0885. The van der Waals surface area contributed by atoms with Gasteiger partial charge in [0.25, 0.3) is 0 Å². The first-order valence-corrected chi connectivity index (χ1v) is 11.6. The summed E-state index contributed by atoms with van der Waals surface area (Å²) in [6.45, 7) is 1.62. The zero-order valence-corrected chi connectivity index (χ0v) is 18.6. The maximum Gasteiger partial charge on any atom is 0.416 e. The molecule has 1 N–H and O–H groups in total. The highest BCUT2D eigenvalue weighted by Crippen LogP contribution is 2.30.